The number of carbonyl (C=O) groups is 2. The molecule has 1 unspecified atom stereocenters. The summed E-state index contributed by atoms with van der Waals surface area (Å²) >= 11 is 1.62. The van der Waals surface area contributed by atoms with Gasteiger partial charge in [-0.05, 0) is 37.3 Å². The third-order valence-electron chi connectivity index (χ3n) is 4.33. The summed E-state index contributed by atoms with van der Waals surface area (Å²) in [5.74, 6) is -0.833. The largest absolute Gasteiger partial charge is 0.480 e. The third kappa shape index (κ3) is 3.27. The number of carbonyl (C=O) groups excluding carboxylic acids is 1. The zero-order valence-electron chi connectivity index (χ0n) is 12.5. The number of carboxylic acids is 1. The smallest absolute Gasteiger partial charge is 0.324 e. The summed E-state index contributed by atoms with van der Waals surface area (Å²) < 4.78 is 0. The number of thiophene rings is 1. The highest BCUT2D eigenvalue weighted by atomic mass is 32.1. The number of hydrogen-bond donors (Lipinski definition) is 1. The first kappa shape index (κ1) is 16.0. The van der Waals surface area contributed by atoms with Crippen LogP contribution in [0.4, 0.5) is 0 Å². The first-order valence-electron chi connectivity index (χ1n) is 7.24. The quantitative estimate of drug-likeness (QED) is 0.873. The van der Waals surface area contributed by atoms with Gasteiger partial charge in [-0.15, -0.1) is 11.3 Å². The molecule has 1 aromatic rings. The first-order chi connectivity index (χ1) is 9.99. The van der Waals surface area contributed by atoms with Crippen LogP contribution in [0, 0.1) is 0 Å². The van der Waals surface area contributed by atoms with Gasteiger partial charge in [0.2, 0.25) is 5.91 Å². The van der Waals surface area contributed by atoms with E-state index in [4.69, 9.17) is 0 Å². The van der Waals surface area contributed by atoms with E-state index in [-0.39, 0.29) is 12.5 Å². The highest BCUT2D eigenvalue weighted by Gasteiger charge is 2.46. The van der Waals surface area contributed by atoms with Crippen LogP contribution in [-0.4, -0.2) is 52.5 Å². The molecule has 0 aliphatic carbocycles. The molecule has 0 bridgehead atoms. The van der Waals surface area contributed by atoms with Gasteiger partial charge in [0.05, 0.1) is 13.1 Å². The molecular formula is C15H22N2O3S. The minimum atomic E-state index is -0.862. The molecule has 1 fully saturated rings. The fraction of sp³-hybridized carbons (Fsp3) is 0.600. The summed E-state index contributed by atoms with van der Waals surface area (Å²) in [4.78, 5) is 28.6. The second-order valence-corrected chi connectivity index (χ2v) is 6.58. The number of aliphatic carboxylic acids is 1. The molecule has 1 aromatic heterocycles. The highest BCUT2D eigenvalue weighted by molar-refractivity contribution is 7.09. The molecule has 1 atom stereocenters. The van der Waals surface area contributed by atoms with Crippen molar-refractivity contribution in [1.29, 1.82) is 0 Å². The molecular weight excluding hydrogens is 288 g/mol. The molecule has 2 heterocycles. The van der Waals surface area contributed by atoms with Crippen LogP contribution in [0.2, 0.25) is 0 Å². The van der Waals surface area contributed by atoms with Crippen LogP contribution in [0.15, 0.2) is 17.5 Å². The second-order valence-electron chi connectivity index (χ2n) is 5.54. The Balaban J connectivity index is 1.99. The Morgan fingerprint density at radius 3 is 2.86 bits per heavy atom. The van der Waals surface area contributed by atoms with Crippen molar-refractivity contribution in [1.82, 2.24) is 9.80 Å². The molecule has 1 saturated heterocycles. The fourth-order valence-corrected chi connectivity index (χ4v) is 3.72. The SMILES string of the molecule is CCC1(C(=O)O)CCCN1CC(=O)N(C)Cc1cccs1. The van der Waals surface area contributed by atoms with E-state index in [0.717, 1.165) is 11.3 Å². The standard InChI is InChI=1S/C15H22N2O3S/c1-3-15(14(19)20)7-5-8-17(15)11-13(18)16(2)10-12-6-4-9-21-12/h4,6,9H,3,5,7-8,10-11H2,1-2H3,(H,19,20). The van der Waals surface area contributed by atoms with E-state index in [0.29, 0.717) is 25.9 Å². The van der Waals surface area contributed by atoms with Gasteiger partial charge >= 0.3 is 5.97 Å². The Morgan fingerprint density at radius 1 is 1.52 bits per heavy atom. The number of likely N-dealkylation sites (N-methyl/N-ethyl adjacent to an activating group) is 1. The van der Waals surface area contributed by atoms with Gasteiger partial charge < -0.3 is 10.0 Å². The van der Waals surface area contributed by atoms with E-state index in [1.54, 1.807) is 23.3 Å². The number of hydrogen-bond acceptors (Lipinski definition) is 4. The summed E-state index contributed by atoms with van der Waals surface area (Å²) in [6.07, 6.45) is 1.99. The number of amides is 1. The molecule has 0 aromatic carbocycles. The first-order valence-corrected chi connectivity index (χ1v) is 8.12. The molecule has 5 nitrogen and oxygen atoms in total. The number of nitrogens with zero attached hydrogens (tertiary/aromatic N) is 2. The van der Waals surface area contributed by atoms with Gasteiger partial charge in [0.25, 0.3) is 0 Å². The lowest BCUT2D eigenvalue weighted by Crippen LogP contribution is -2.53. The second kappa shape index (κ2) is 6.58. The molecule has 0 saturated carbocycles. The average molecular weight is 310 g/mol. The molecule has 1 aliphatic rings. The number of rotatable bonds is 6. The number of likely N-dealkylation sites (tertiary alicyclic amines) is 1. The van der Waals surface area contributed by atoms with Crippen LogP contribution in [0.3, 0.4) is 0 Å². The lowest BCUT2D eigenvalue weighted by molar-refractivity contribution is -0.151. The van der Waals surface area contributed by atoms with E-state index in [1.165, 1.54) is 0 Å². The third-order valence-corrected chi connectivity index (χ3v) is 5.19. The van der Waals surface area contributed by atoms with Crippen LogP contribution in [0.5, 0.6) is 0 Å². The van der Waals surface area contributed by atoms with E-state index in [9.17, 15) is 14.7 Å². The topological polar surface area (TPSA) is 60.9 Å². The molecule has 0 spiro atoms. The molecule has 1 amide bonds. The minimum absolute atomic E-state index is 0.0237. The summed E-state index contributed by atoms with van der Waals surface area (Å²) in [6, 6.07) is 3.96. The Morgan fingerprint density at radius 2 is 2.29 bits per heavy atom. The molecule has 116 valence electrons. The monoisotopic (exact) mass is 310 g/mol. The minimum Gasteiger partial charge on any atom is -0.480 e. The van der Waals surface area contributed by atoms with Gasteiger partial charge in [0.1, 0.15) is 5.54 Å². The Hall–Kier alpha value is -1.40. The molecule has 1 aliphatic heterocycles. The summed E-state index contributed by atoms with van der Waals surface area (Å²) in [6.45, 7) is 3.32. The predicted molar refractivity (Wildman–Crippen MR) is 82.3 cm³/mol. The van der Waals surface area contributed by atoms with Crippen molar-refractivity contribution < 1.29 is 14.7 Å². The van der Waals surface area contributed by atoms with Crippen molar-refractivity contribution in [2.24, 2.45) is 0 Å². The van der Waals surface area contributed by atoms with Crippen molar-refractivity contribution in [3.8, 4) is 0 Å². The maximum atomic E-state index is 12.3. The van der Waals surface area contributed by atoms with Crippen LogP contribution in [0.1, 0.15) is 31.1 Å². The Kier molecular flexibility index (Phi) is 5.00. The van der Waals surface area contributed by atoms with Crippen molar-refractivity contribution in [3.63, 3.8) is 0 Å². The van der Waals surface area contributed by atoms with Crippen LogP contribution < -0.4 is 0 Å². The van der Waals surface area contributed by atoms with E-state index >= 15 is 0 Å². The van der Waals surface area contributed by atoms with Crippen LogP contribution >= 0.6 is 11.3 Å². The summed E-state index contributed by atoms with van der Waals surface area (Å²) in [5.41, 5.74) is -0.862. The van der Waals surface area contributed by atoms with Crippen LogP contribution in [-0.2, 0) is 16.1 Å². The zero-order valence-corrected chi connectivity index (χ0v) is 13.4. The van der Waals surface area contributed by atoms with Gasteiger partial charge in [-0.3, -0.25) is 14.5 Å². The maximum Gasteiger partial charge on any atom is 0.324 e. The number of carboxylic acid groups (broad SMARTS) is 1. The van der Waals surface area contributed by atoms with E-state index in [1.807, 2.05) is 29.3 Å². The average Bonchev–Trinajstić information content (AvgIpc) is 3.08. The Bertz CT molecular complexity index is 503. The van der Waals surface area contributed by atoms with E-state index < -0.39 is 11.5 Å². The fourth-order valence-electron chi connectivity index (χ4n) is 2.97. The van der Waals surface area contributed by atoms with Crippen molar-refractivity contribution in [2.75, 3.05) is 20.1 Å². The normalized spacial score (nSPS) is 22.4. The van der Waals surface area contributed by atoms with Crippen LogP contribution in [0.25, 0.3) is 0 Å². The molecule has 1 N–H and O–H groups in total. The molecule has 0 radical (unpaired) electrons. The van der Waals surface area contributed by atoms with Gasteiger partial charge in [0, 0.05) is 11.9 Å². The van der Waals surface area contributed by atoms with Crippen molar-refractivity contribution in [2.45, 2.75) is 38.3 Å². The summed E-state index contributed by atoms with van der Waals surface area (Å²) in [5, 5.41) is 11.5. The van der Waals surface area contributed by atoms with Gasteiger partial charge in [-0.25, -0.2) is 0 Å². The lowest BCUT2D eigenvalue weighted by Gasteiger charge is -2.34. The highest BCUT2D eigenvalue weighted by Crippen LogP contribution is 2.32. The molecule has 6 heteroatoms. The lowest BCUT2D eigenvalue weighted by atomic mass is 9.93. The maximum absolute atomic E-state index is 12.3. The van der Waals surface area contributed by atoms with Crippen molar-refractivity contribution in [3.05, 3.63) is 22.4 Å². The zero-order chi connectivity index (χ0) is 15.5. The van der Waals surface area contributed by atoms with Crippen molar-refractivity contribution >= 4 is 23.2 Å². The van der Waals surface area contributed by atoms with E-state index in [2.05, 4.69) is 0 Å². The molecule has 2 rings (SSSR count). The Labute approximate surface area is 129 Å². The molecule has 21 heavy (non-hydrogen) atoms. The van der Waals surface area contributed by atoms with Gasteiger partial charge in [0.15, 0.2) is 0 Å². The van der Waals surface area contributed by atoms with Gasteiger partial charge in [-0.1, -0.05) is 13.0 Å². The predicted octanol–water partition coefficient (Wildman–Crippen LogP) is 2.04. The van der Waals surface area contributed by atoms with Gasteiger partial charge in [-0.2, -0.15) is 0 Å². The summed E-state index contributed by atoms with van der Waals surface area (Å²) in [7, 11) is 1.77.